The molecule has 39 heavy (non-hydrogen) atoms. The third-order valence-corrected chi connectivity index (χ3v) is 7.70. The van der Waals surface area contributed by atoms with Crippen molar-refractivity contribution in [2.24, 2.45) is 0 Å². The first kappa shape index (κ1) is 24.7. The molecule has 4 aromatic heterocycles. The summed E-state index contributed by atoms with van der Waals surface area (Å²) in [6, 6.07) is 1.77. The molecule has 12 heteroatoms. The van der Waals surface area contributed by atoms with Crippen molar-refractivity contribution in [2.45, 2.75) is 58.1 Å². The normalized spacial score (nSPS) is 14.8. The lowest BCUT2D eigenvalue weighted by molar-refractivity contribution is 0.0783. The molecule has 0 saturated carbocycles. The number of nitrogens with zero attached hydrogens (tertiary/aromatic N) is 4. The van der Waals surface area contributed by atoms with Crippen molar-refractivity contribution in [2.75, 3.05) is 0 Å². The van der Waals surface area contributed by atoms with Gasteiger partial charge in [-0.2, -0.15) is 0 Å². The Morgan fingerprint density at radius 2 is 1.95 bits per heavy atom. The zero-order valence-corrected chi connectivity index (χ0v) is 22.5. The molecular weight excluding hydrogens is 553 g/mol. The van der Waals surface area contributed by atoms with Crippen LogP contribution in [0.25, 0.3) is 17.1 Å². The van der Waals surface area contributed by atoms with Crippen molar-refractivity contribution in [3.8, 4) is 22.8 Å². The number of aromatic nitrogens is 4. The van der Waals surface area contributed by atoms with Crippen LogP contribution in [0.4, 0.5) is 13.2 Å². The fourth-order valence-corrected chi connectivity index (χ4v) is 5.29. The zero-order valence-electron chi connectivity index (χ0n) is 22.9. The Bertz CT molecular complexity index is 1710. The number of pyridine rings is 3. The third-order valence-electron chi connectivity index (χ3n) is 6.20. The highest BCUT2D eigenvalue weighted by atomic mass is 35.5. The fourth-order valence-electron chi connectivity index (χ4n) is 4.29. The van der Waals surface area contributed by atoms with Gasteiger partial charge in [0.15, 0.2) is 11.6 Å². The van der Waals surface area contributed by atoms with Crippen LogP contribution >= 0.6 is 22.9 Å². The van der Waals surface area contributed by atoms with Gasteiger partial charge in [0.2, 0.25) is 0 Å². The van der Waals surface area contributed by atoms with E-state index in [2.05, 4.69) is 15.0 Å². The molecule has 0 atom stereocenters. The molecule has 0 amide bonds. The van der Waals surface area contributed by atoms with Gasteiger partial charge in [-0.05, 0) is 45.1 Å². The lowest BCUT2D eigenvalue weighted by Crippen LogP contribution is -2.25. The van der Waals surface area contributed by atoms with Gasteiger partial charge in [0, 0.05) is 29.4 Å². The summed E-state index contributed by atoms with van der Waals surface area (Å²) in [5, 5.41) is 11.7. The summed E-state index contributed by atoms with van der Waals surface area (Å²) in [7, 11) is 0. The van der Waals surface area contributed by atoms with Gasteiger partial charge in [0.05, 0.1) is 14.6 Å². The second-order valence-corrected chi connectivity index (χ2v) is 10.8. The van der Waals surface area contributed by atoms with E-state index < -0.39 is 51.6 Å². The van der Waals surface area contributed by atoms with Crippen LogP contribution in [0.3, 0.4) is 0 Å². The Labute approximate surface area is 233 Å². The molecule has 204 valence electrons. The molecule has 0 spiro atoms. The predicted octanol–water partition coefficient (Wildman–Crippen LogP) is 5.90. The number of fused-ring (bicyclic) bond motifs is 3. The summed E-state index contributed by atoms with van der Waals surface area (Å²) in [6.07, 6.45) is 4.93. The Morgan fingerprint density at radius 1 is 1.18 bits per heavy atom. The van der Waals surface area contributed by atoms with Crippen LogP contribution in [-0.4, -0.2) is 24.6 Å². The number of ether oxygens (including phenoxy) is 1. The van der Waals surface area contributed by atoms with Gasteiger partial charge in [-0.1, -0.05) is 18.0 Å². The molecule has 1 aliphatic heterocycles. The molecule has 5 rings (SSSR count). The van der Waals surface area contributed by atoms with Crippen LogP contribution in [0.2, 0.25) is 5.02 Å². The number of aliphatic hydroxyl groups is 1. The monoisotopic (exact) mass is 578 g/mol. The summed E-state index contributed by atoms with van der Waals surface area (Å²) in [4.78, 5) is 25.8. The summed E-state index contributed by atoms with van der Waals surface area (Å²) >= 11 is 7.52. The van der Waals surface area contributed by atoms with E-state index >= 15 is 4.39 Å². The highest BCUT2D eigenvalue weighted by molar-refractivity contribution is 7.10. The summed E-state index contributed by atoms with van der Waals surface area (Å²) in [5.41, 5.74) is -2.19. The lowest BCUT2D eigenvalue weighted by Gasteiger charge is -2.19. The number of thiazole rings is 1. The summed E-state index contributed by atoms with van der Waals surface area (Å²) in [6.45, 7) is 0.196. The van der Waals surface area contributed by atoms with Crippen LogP contribution in [0.1, 0.15) is 57.8 Å². The van der Waals surface area contributed by atoms with E-state index in [1.807, 2.05) is 0 Å². The first-order chi connectivity index (χ1) is 19.3. The van der Waals surface area contributed by atoms with Gasteiger partial charge in [-0.15, -0.1) is 11.3 Å². The minimum Gasteiger partial charge on any atom is -0.485 e. The third kappa shape index (κ3) is 5.43. The average Bonchev–Trinajstić information content (AvgIpc) is 3.40. The SMILES string of the molecule is [2H]C([2H])(Oc1cc2n(c(=O)c1Cl)-c1c(cnc(-c3csc(C(C)(C)O)n3)c1F)CCCCC2)c1ncc(F)cc1F. The topological polar surface area (TPSA) is 90.1 Å². The molecular formula is C27H24ClF3N4O3S. The maximum absolute atomic E-state index is 16.3. The standard InChI is InChI=1S/C27H24ClF3N4O3S/c1-27(2,37)26-34-19(13-39-26)23-22(31)24-14(10-33-23)6-4-3-5-7-16-9-20(21(28)25(36)35(16)24)38-12-18-17(30)8-15(29)11-32-18/h8-11,13,37H,3-7,12H2,1-2H3/i12D2. The second kappa shape index (κ2) is 10.7. The first-order valence-corrected chi connectivity index (χ1v) is 13.3. The van der Waals surface area contributed by atoms with E-state index in [1.165, 1.54) is 12.3 Å². The predicted molar refractivity (Wildman–Crippen MR) is 141 cm³/mol. The van der Waals surface area contributed by atoms with Crippen LogP contribution in [-0.2, 0) is 25.0 Å². The first-order valence-electron chi connectivity index (χ1n) is 13.1. The molecule has 0 unspecified atom stereocenters. The van der Waals surface area contributed by atoms with Crippen molar-refractivity contribution in [3.05, 3.63) is 84.7 Å². The Kier molecular flexibility index (Phi) is 6.79. The smallest absolute Gasteiger partial charge is 0.278 e. The highest BCUT2D eigenvalue weighted by Crippen LogP contribution is 2.34. The van der Waals surface area contributed by atoms with Crippen molar-refractivity contribution >= 4 is 22.9 Å². The second-order valence-electron chi connectivity index (χ2n) is 9.59. The van der Waals surface area contributed by atoms with Gasteiger partial charge in [0.25, 0.3) is 5.56 Å². The summed E-state index contributed by atoms with van der Waals surface area (Å²) < 4.78 is 66.9. The van der Waals surface area contributed by atoms with Crippen LogP contribution in [0.15, 0.2) is 34.7 Å². The fraction of sp³-hybridized carbons (Fsp3) is 0.333. The Hall–Kier alpha value is -3.28. The van der Waals surface area contributed by atoms with Crippen molar-refractivity contribution in [1.82, 2.24) is 19.5 Å². The molecule has 0 saturated heterocycles. The van der Waals surface area contributed by atoms with Gasteiger partial charge >= 0.3 is 0 Å². The van der Waals surface area contributed by atoms with Crippen molar-refractivity contribution in [3.63, 3.8) is 0 Å². The Morgan fingerprint density at radius 3 is 2.67 bits per heavy atom. The molecule has 0 aliphatic carbocycles. The van der Waals surface area contributed by atoms with E-state index in [0.717, 1.165) is 22.3 Å². The van der Waals surface area contributed by atoms with Crippen LogP contribution in [0.5, 0.6) is 5.75 Å². The molecule has 1 aliphatic rings. The molecule has 0 fully saturated rings. The molecule has 7 nitrogen and oxygen atoms in total. The molecule has 0 radical (unpaired) electrons. The molecule has 5 heterocycles. The van der Waals surface area contributed by atoms with E-state index in [9.17, 15) is 18.7 Å². The van der Waals surface area contributed by atoms with E-state index in [1.54, 1.807) is 19.2 Å². The molecule has 4 aromatic rings. The zero-order chi connectivity index (χ0) is 29.7. The Balaban J connectivity index is 1.66. The van der Waals surface area contributed by atoms with Gasteiger partial charge in [0.1, 0.15) is 50.8 Å². The van der Waals surface area contributed by atoms with Crippen molar-refractivity contribution < 1.29 is 25.8 Å². The highest BCUT2D eigenvalue weighted by Gasteiger charge is 2.27. The van der Waals surface area contributed by atoms with Gasteiger partial charge < -0.3 is 9.84 Å². The quantitative estimate of drug-likeness (QED) is 0.317. The maximum atomic E-state index is 16.3. The van der Waals surface area contributed by atoms with E-state index in [4.69, 9.17) is 19.1 Å². The number of aryl methyl sites for hydroxylation is 2. The van der Waals surface area contributed by atoms with Crippen LogP contribution < -0.4 is 10.3 Å². The van der Waals surface area contributed by atoms with Gasteiger partial charge in [-0.3, -0.25) is 19.3 Å². The van der Waals surface area contributed by atoms with Crippen LogP contribution in [0, 0.1) is 17.5 Å². The van der Waals surface area contributed by atoms with Crippen molar-refractivity contribution in [1.29, 1.82) is 0 Å². The van der Waals surface area contributed by atoms with E-state index in [0.29, 0.717) is 48.5 Å². The number of hydrogen-bond donors (Lipinski definition) is 1. The minimum absolute atomic E-state index is 0.0579. The minimum atomic E-state index is -2.92. The molecule has 0 bridgehead atoms. The molecule has 1 N–H and O–H groups in total. The summed E-state index contributed by atoms with van der Waals surface area (Å²) in [5.74, 6) is -3.49. The largest absolute Gasteiger partial charge is 0.485 e. The average molecular weight is 579 g/mol. The van der Waals surface area contributed by atoms with E-state index in [-0.39, 0.29) is 22.8 Å². The molecule has 0 aromatic carbocycles. The number of hydrogen-bond acceptors (Lipinski definition) is 7. The number of halogens is 4. The lowest BCUT2D eigenvalue weighted by atomic mass is 10.1. The number of rotatable bonds is 5. The maximum Gasteiger partial charge on any atom is 0.278 e. The van der Waals surface area contributed by atoms with Gasteiger partial charge in [-0.25, -0.2) is 18.2 Å².